The second-order valence-corrected chi connectivity index (χ2v) is 7.82. The summed E-state index contributed by atoms with van der Waals surface area (Å²) in [7, 11) is -2.38. The number of methoxy groups -OCH3 is 1. The lowest BCUT2D eigenvalue weighted by Gasteiger charge is -2.17. The number of hydrogen-bond acceptors (Lipinski definition) is 4. The highest BCUT2D eigenvalue weighted by Crippen LogP contribution is 2.28. The number of imidazole rings is 1. The SMILES string of the molecule is COc1ccc(Cl)cc1S(=O)(=O)N[C@H](C)c1ccc(-n2ccnc2)cc1. The van der Waals surface area contributed by atoms with Crippen LogP contribution in [0.4, 0.5) is 0 Å². The molecule has 136 valence electrons. The van der Waals surface area contributed by atoms with Crippen molar-refractivity contribution in [2.24, 2.45) is 0 Å². The van der Waals surface area contributed by atoms with E-state index in [1.165, 1.54) is 19.2 Å². The molecule has 1 atom stereocenters. The number of nitrogens with one attached hydrogen (secondary N) is 1. The molecule has 0 spiro atoms. The summed E-state index contributed by atoms with van der Waals surface area (Å²) < 4.78 is 35.2. The molecule has 0 amide bonds. The van der Waals surface area contributed by atoms with Gasteiger partial charge in [-0.3, -0.25) is 0 Å². The van der Waals surface area contributed by atoms with Crippen LogP contribution in [0.3, 0.4) is 0 Å². The van der Waals surface area contributed by atoms with Gasteiger partial charge in [-0.2, -0.15) is 0 Å². The average Bonchev–Trinajstić information content (AvgIpc) is 3.16. The highest BCUT2D eigenvalue weighted by Gasteiger charge is 2.23. The van der Waals surface area contributed by atoms with Crippen LogP contribution in [0.25, 0.3) is 5.69 Å². The molecule has 0 aliphatic carbocycles. The summed E-state index contributed by atoms with van der Waals surface area (Å²) in [6, 6.07) is 11.6. The minimum absolute atomic E-state index is 0.00869. The number of sulfonamides is 1. The van der Waals surface area contributed by atoms with E-state index in [9.17, 15) is 8.42 Å². The Morgan fingerprint density at radius 1 is 1.19 bits per heavy atom. The van der Waals surface area contributed by atoms with Crippen LogP contribution < -0.4 is 9.46 Å². The molecule has 0 unspecified atom stereocenters. The Morgan fingerprint density at radius 2 is 1.92 bits per heavy atom. The van der Waals surface area contributed by atoms with E-state index in [0.717, 1.165) is 11.3 Å². The molecule has 0 saturated heterocycles. The van der Waals surface area contributed by atoms with Gasteiger partial charge in [0.15, 0.2) is 0 Å². The van der Waals surface area contributed by atoms with E-state index in [-0.39, 0.29) is 10.6 Å². The first kappa shape index (κ1) is 18.4. The van der Waals surface area contributed by atoms with Gasteiger partial charge in [0.25, 0.3) is 0 Å². The molecule has 0 saturated carbocycles. The second kappa shape index (κ2) is 7.49. The smallest absolute Gasteiger partial charge is 0.244 e. The van der Waals surface area contributed by atoms with E-state index >= 15 is 0 Å². The van der Waals surface area contributed by atoms with Crippen molar-refractivity contribution in [1.29, 1.82) is 0 Å². The first-order valence-corrected chi connectivity index (χ1v) is 9.71. The molecule has 6 nitrogen and oxygen atoms in total. The topological polar surface area (TPSA) is 73.2 Å². The number of benzene rings is 2. The van der Waals surface area contributed by atoms with E-state index in [2.05, 4.69) is 9.71 Å². The van der Waals surface area contributed by atoms with Crippen LogP contribution in [0, 0.1) is 0 Å². The van der Waals surface area contributed by atoms with Gasteiger partial charge in [0.2, 0.25) is 10.0 Å². The molecule has 1 N–H and O–H groups in total. The van der Waals surface area contributed by atoms with Gasteiger partial charge in [-0.05, 0) is 42.8 Å². The number of halogens is 1. The van der Waals surface area contributed by atoms with Crippen LogP contribution in [0.5, 0.6) is 5.75 Å². The Balaban J connectivity index is 1.83. The number of nitrogens with zero attached hydrogens (tertiary/aromatic N) is 2. The van der Waals surface area contributed by atoms with E-state index in [1.807, 2.05) is 35.0 Å². The zero-order valence-corrected chi connectivity index (χ0v) is 15.8. The zero-order valence-electron chi connectivity index (χ0n) is 14.3. The van der Waals surface area contributed by atoms with E-state index < -0.39 is 16.1 Å². The minimum Gasteiger partial charge on any atom is -0.495 e. The maximum absolute atomic E-state index is 12.7. The molecule has 1 aromatic heterocycles. The summed E-state index contributed by atoms with van der Waals surface area (Å²) >= 11 is 5.94. The molecular formula is C18H18ClN3O3S. The molecule has 0 fully saturated rings. The molecule has 26 heavy (non-hydrogen) atoms. The summed E-state index contributed by atoms with van der Waals surface area (Å²) in [5.74, 6) is 0.240. The van der Waals surface area contributed by atoms with Gasteiger partial charge in [-0.25, -0.2) is 18.1 Å². The molecule has 0 aliphatic heterocycles. The Kier molecular flexibility index (Phi) is 5.31. The van der Waals surface area contributed by atoms with Gasteiger partial charge >= 0.3 is 0 Å². The molecule has 8 heteroatoms. The predicted octanol–water partition coefficient (Wildman–Crippen LogP) is 3.57. The summed E-state index contributed by atoms with van der Waals surface area (Å²) in [5, 5.41) is 0.323. The Labute approximate surface area is 157 Å². The third-order valence-corrected chi connectivity index (χ3v) is 5.74. The largest absolute Gasteiger partial charge is 0.495 e. The monoisotopic (exact) mass is 391 g/mol. The lowest BCUT2D eigenvalue weighted by atomic mass is 10.1. The fraction of sp³-hybridized carbons (Fsp3) is 0.167. The number of ether oxygens (including phenoxy) is 1. The van der Waals surface area contributed by atoms with Gasteiger partial charge in [-0.1, -0.05) is 23.7 Å². The predicted molar refractivity (Wildman–Crippen MR) is 100 cm³/mol. The van der Waals surface area contributed by atoms with Gasteiger partial charge in [-0.15, -0.1) is 0 Å². The van der Waals surface area contributed by atoms with Crippen molar-refractivity contribution in [2.75, 3.05) is 7.11 Å². The Hall–Kier alpha value is -2.35. The molecule has 2 aromatic carbocycles. The molecule has 3 rings (SSSR count). The van der Waals surface area contributed by atoms with Crippen molar-refractivity contribution in [3.63, 3.8) is 0 Å². The zero-order chi connectivity index (χ0) is 18.7. The fourth-order valence-electron chi connectivity index (χ4n) is 2.57. The lowest BCUT2D eigenvalue weighted by Crippen LogP contribution is -2.27. The van der Waals surface area contributed by atoms with E-state index in [4.69, 9.17) is 16.3 Å². The van der Waals surface area contributed by atoms with Crippen LogP contribution in [-0.2, 0) is 10.0 Å². The van der Waals surface area contributed by atoms with E-state index in [1.54, 1.807) is 25.5 Å². The van der Waals surface area contributed by atoms with Crippen molar-refractivity contribution in [2.45, 2.75) is 17.9 Å². The van der Waals surface area contributed by atoms with E-state index in [0.29, 0.717) is 5.02 Å². The lowest BCUT2D eigenvalue weighted by molar-refractivity contribution is 0.402. The average molecular weight is 392 g/mol. The quantitative estimate of drug-likeness (QED) is 0.697. The normalized spacial score (nSPS) is 12.7. The van der Waals surface area contributed by atoms with Crippen molar-refractivity contribution in [3.05, 3.63) is 71.8 Å². The third kappa shape index (κ3) is 3.90. The summed E-state index contributed by atoms with van der Waals surface area (Å²) in [5.41, 5.74) is 1.77. The molecule has 1 heterocycles. The number of rotatable bonds is 6. The summed E-state index contributed by atoms with van der Waals surface area (Å²) in [6.45, 7) is 1.78. The summed E-state index contributed by atoms with van der Waals surface area (Å²) in [6.07, 6.45) is 5.24. The van der Waals surface area contributed by atoms with Crippen molar-refractivity contribution in [3.8, 4) is 11.4 Å². The van der Waals surface area contributed by atoms with Gasteiger partial charge in [0.05, 0.1) is 13.4 Å². The number of aromatic nitrogens is 2. The molecule has 0 bridgehead atoms. The third-order valence-electron chi connectivity index (χ3n) is 3.94. The van der Waals surface area contributed by atoms with Crippen LogP contribution in [0.15, 0.2) is 66.1 Å². The molecule has 0 radical (unpaired) electrons. The standard InChI is InChI=1S/C18H18ClN3O3S/c1-13(14-3-6-16(7-4-14)22-10-9-20-12-22)21-26(23,24)18-11-15(19)5-8-17(18)25-2/h3-13,21H,1-2H3/t13-/m1/s1. The number of hydrogen-bond donors (Lipinski definition) is 1. The fourth-order valence-corrected chi connectivity index (χ4v) is 4.24. The molecular weight excluding hydrogens is 374 g/mol. The highest BCUT2D eigenvalue weighted by molar-refractivity contribution is 7.89. The highest BCUT2D eigenvalue weighted by atomic mass is 35.5. The van der Waals surface area contributed by atoms with Gasteiger partial charge in [0, 0.05) is 29.1 Å². The van der Waals surface area contributed by atoms with Gasteiger partial charge in [0.1, 0.15) is 10.6 Å². The molecule has 0 aliphatic rings. The van der Waals surface area contributed by atoms with Crippen LogP contribution in [0.1, 0.15) is 18.5 Å². The van der Waals surface area contributed by atoms with Crippen LogP contribution in [-0.4, -0.2) is 25.1 Å². The first-order valence-electron chi connectivity index (χ1n) is 7.85. The molecule has 3 aromatic rings. The van der Waals surface area contributed by atoms with Crippen molar-refractivity contribution >= 4 is 21.6 Å². The van der Waals surface area contributed by atoms with Crippen LogP contribution >= 0.6 is 11.6 Å². The summed E-state index contributed by atoms with van der Waals surface area (Å²) in [4.78, 5) is 4.02. The van der Waals surface area contributed by atoms with Crippen LogP contribution in [0.2, 0.25) is 5.02 Å². The first-order chi connectivity index (χ1) is 12.4. The Morgan fingerprint density at radius 3 is 2.54 bits per heavy atom. The minimum atomic E-state index is -3.80. The van der Waals surface area contributed by atoms with Crippen molar-refractivity contribution in [1.82, 2.24) is 14.3 Å². The van der Waals surface area contributed by atoms with Crippen molar-refractivity contribution < 1.29 is 13.2 Å². The maximum atomic E-state index is 12.7. The Bertz CT molecular complexity index is 987. The van der Waals surface area contributed by atoms with Gasteiger partial charge < -0.3 is 9.30 Å². The maximum Gasteiger partial charge on any atom is 0.244 e. The second-order valence-electron chi connectivity index (χ2n) is 5.70.